The first-order valence-corrected chi connectivity index (χ1v) is 7.60. The van der Waals surface area contributed by atoms with Gasteiger partial charge in [-0.1, -0.05) is 48.5 Å². The largest absolute Gasteiger partial charge is 0.485 e. The highest BCUT2D eigenvalue weighted by atomic mass is 16.5. The third-order valence-corrected chi connectivity index (χ3v) is 3.99. The maximum Gasteiger partial charge on any atom is 0.279 e. The monoisotopic (exact) mass is 317 g/mol. The zero-order valence-corrected chi connectivity index (χ0v) is 12.8. The number of hydrogen-bond donors (Lipinski definition) is 1. The fourth-order valence-electron chi connectivity index (χ4n) is 2.76. The van der Waals surface area contributed by atoms with Crippen molar-refractivity contribution in [2.45, 2.75) is 6.61 Å². The van der Waals surface area contributed by atoms with E-state index in [1.165, 1.54) is 0 Å². The number of hydrogen-bond acceptors (Lipinski definition) is 4. The van der Waals surface area contributed by atoms with E-state index in [1.54, 1.807) is 18.2 Å². The van der Waals surface area contributed by atoms with Crippen LogP contribution in [0.2, 0.25) is 0 Å². The molecule has 0 saturated heterocycles. The van der Waals surface area contributed by atoms with Gasteiger partial charge in [-0.2, -0.15) is 0 Å². The molecule has 5 heteroatoms. The van der Waals surface area contributed by atoms with Crippen LogP contribution in [0.1, 0.15) is 5.82 Å². The van der Waals surface area contributed by atoms with Gasteiger partial charge in [-0.25, -0.2) is 9.66 Å². The lowest BCUT2D eigenvalue weighted by molar-refractivity contribution is 0.294. The molecule has 0 aliphatic rings. The van der Waals surface area contributed by atoms with Gasteiger partial charge in [-0.05, 0) is 23.6 Å². The van der Waals surface area contributed by atoms with Crippen LogP contribution in [-0.2, 0) is 6.61 Å². The summed E-state index contributed by atoms with van der Waals surface area (Å²) >= 11 is 0. The van der Waals surface area contributed by atoms with Gasteiger partial charge in [-0.3, -0.25) is 4.79 Å². The molecule has 0 fully saturated rings. The van der Waals surface area contributed by atoms with E-state index in [9.17, 15) is 4.79 Å². The van der Waals surface area contributed by atoms with E-state index in [1.807, 2.05) is 48.5 Å². The molecule has 0 amide bonds. The summed E-state index contributed by atoms with van der Waals surface area (Å²) in [6.07, 6.45) is 0. The lowest BCUT2D eigenvalue weighted by Gasteiger charge is -2.12. The fraction of sp³-hybridized carbons (Fsp3) is 0.0526. The summed E-state index contributed by atoms with van der Waals surface area (Å²) in [5, 5.41) is 2.59. The number of benzene rings is 3. The lowest BCUT2D eigenvalue weighted by atomic mass is 10.1. The van der Waals surface area contributed by atoms with E-state index in [-0.39, 0.29) is 12.2 Å². The predicted molar refractivity (Wildman–Crippen MR) is 94.4 cm³/mol. The number of rotatable bonds is 3. The molecule has 0 unspecified atom stereocenters. The second kappa shape index (κ2) is 5.70. The van der Waals surface area contributed by atoms with Gasteiger partial charge in [0.1, 0.15) is 12.4 Å². The minimum Gasteiger partial charge on any atom is -0.485 e. The molecule has 4 rings (SSSR count). The van der Waals surface area contributed by atoms with Crippen LogP contribution in [-0.4, -0.2) is 9.66 Å². The summed E-state index contributed by atoms with van der Waals surface area (Å²) in [5.41, 5.74) is 0.331. The number of nitrogen functional groups attached to an aromatic ring is 1. The smallest absolute Gasteiger partial charge is 0.279 e. The quantitative estimate of drug-likeness (QED) is 0.590. The number of nitrogens with zero attached hydrogens (tertiary/aromatic N) is 2. The summed E-state index contributed by atoms with van der Waals surface area (Å²) < 4.78 is 6.94. The predicted octanol–water partition coefficient (Wildman–Crippen LogP) is 2.84. The first-order chi connectivity index (χ1) is 11.7. The fourth-order valence-corrected chi connectivity index (χ4v) is 2.76. The Morgan fingerprint density at radius 3 is 2.50 bits per heavy atom. The molecule has 0 atom stereocenters. The Hall–Kier alpha value is -3.34. The number of nitrogens with two attached hydrogens (primary N) is 1. The van der Waals surface area contributed by atoms with Crippen LogP contribution in [0.25, 0.3) is 21.7 Å². The molecule has 0 spiro atoms. The Balaban J connectivity index is 1.72. The minimum absolute atomic E-state index is 0.116. The number of aromatic nitrogens is 2. The van der Waals surface area contributed by atoms with E-state index in [0.29, 0.717) is 16.7 Å². The molecule has 0 radical (unpaired) electrons. The minimum atomic E-state index is -0.280. The van der Waals surface area contributed by atoms with Gasteiger partial charge < -0.3 is 10.6 Å². The zero-order valence-electron chi connectivity index (χ0n) is 12.8. The first-order valence-electron chi connectivity index (χ1n) is 7.60. The van der Waals surface area contributed by atoms with Crippen molar-refractivity contribution in [3.63, 3.8) is 0 Å². The molecule has 4 aromatic rings. The van der Waals surface area contributed by atoms with Crippen molar-refractivity contribution in [2.24, 2.45) is 0 Å². The van der Waals surface area contributed by atoms with Crippen molar-refractivity contribution < 1.29 is 4.74 Å². The van der Waals surface area contributed by atoms with Gasteiger partial charge in [0.25, 0.3) is 5.56 Å². The van der Waals surface area contributed by atoms with E-state index < -0.39 is 0 Å². The highest BCUT2D eigenvalue weighted by Crippen LogP contribution is 2.25. The Morgan fingerprint density at radius 1 is 0.917 bits per heavy atom. The summed E-state index contributed by atoms with van der Waals surface area (Å²) in [4.78, 5) is 16.8. The van der Waals surface area contributed by atoms with Crippen molar-refractivity contribution in [2.75, 3.05) is 5.84 Å². The number of fused-ring (bicyclic) bond motifs is 2. The van der Waals surface area contributed by atoms with Gasteiger partial charge in [0, 0.05) is 5.39 Å². The van der Waals surface area contributed by atoms with Crippen molar-refractivity contribution in [1.82, 2.24) is 9.66 Å². The summed E-state index contributed by atoms with van der Waals surface area (Å²) in [6.45, 7) is 0.116. The molecule has 118 valence electrons. The lowest BCUT2D eigenvalue weighted by Crippen LogP contribution is -2.32. The van der Waals surface area contributed by atoms with E-state index in [2.05, 4.69) is 4.98 Å². The van der Waals surface area contributed by atoms with Gasteiger partial charge in [0.05, 0.1) is 10.9 Å². The average molecular weight is 317 g/mol. The summed E-state index contributed by atoms with van der Waals surface area (Å²) in [7, 11) is 0. The molecule has 2 N–H and O–H groups in total. The highest BCUT2D eigenvalue weighted by Gasteiger charge is 2.10. The Kier molecular flexibility index (Phi) is 3.39. The van der Waals surface area contributed by atoms with Crippen molar-refractivity contribution in [1.29, 1.82) is 0 Å². The SMILES string of the molecule is Nn1c(COc2cccc3ccccc23)nc2ccccc2c1=O. The van der Waals surface area contributed by atoms with Crippen molar-refractivity contribution in [3.05, 3.63) is 82.9 Å². The molecular formula is C19H15N3O2. The molecule has 3 aromatic carbocycles. The maximum atomic E-state index is 12.3. The van der Waals surface area contributed by atoms with E-state index in [4.69, 9.17) is 10.6 Å². The molecular weight excluding hydrogens is 302 g/mol. The molecule has 0 aliphatic heterocycles. The molecule has 24 heavy (non-hydrogen) atoms. The second-order valence-electron chi connectivity index (χ2n) is 5.49. The summed E-state index contributed by atoms with van der Waals surface area (Å²) in [5.74, 6) is 7.00. The van der Waals surface area contributed by atoms with Crippen LogP contribution in [0.5, 0.6) is 5.75 Å². The topological polar surface area (TPSA) is 70.1 Å². The molecule has 1 aromatic heterocycles. The number of para-hydroxylation sites is 1. The van der Waals surface area contributed by atoms with Gasteiger partial charge in [-0.15, -0.1) is 0 Å². The summed E-state index contributed by atoms with van der Waals surface area (Å²) in [6, 6.07) is 20.9. The van der Waals surface area contributed by atoms with E-state index >= 15 is 0 Å². The van der Waals surface area contributed by atoms with Crippen molar-refractivity contribution >= 4 is 21.7 Å². The van der Waals surface area contributed by atoms with E-state index in [0.717, 1.165) is 21.2 Å². The van der Waals surface area contributed by atoms with Gasteiger partial charge in [0.2, 0.25) is 0 Å². The van der Waals surface area contributed by atoms with Crippen LogP contribution in [0.4, 0.5) is 0 Å². The molecule has 0 bridgehead atoms. The number of ether oxygens (including phenoxy) is 1. The molecule has 0 aliphatic carbocycles. The van der Waals surface area contributed by atoms with Crippen LogP contribution >= 0.6 is 0 Å². The van der Waals surface area contributed by atoms with Crippen molar-refractivity contribution in [3.8, 4) is 5.75 Å². The zero-order chi connectivity index (χ0) is 16.5. The van der Waals surface area contributed by atoms with Gasteiger partial charge >= 0.3 is 0 Å². The molecule has 0 saturated carbocycles. The van der Waals surface area contributed by atoms with Crippen LogP contribution in [0.15, 0.2) is 71.5 Å². The average Bonchev–Trinajstić information content (AvgIpc) is 2.63. The van der Waals surface area contributed by atoms with Gasteiger partial charge in [0.15, 0.2) is 5.82 Å². The highest BCUT2D eigenvalue weighted by molar-refractivity contribution is 5.88. The standard InChI is InChI=1S/C19H15N3O2/c20-22-18(21-16-10-4-3-9-15(16)19(22)23)12-24-17-11-5-7-13-6-1-2-8-14(13)17/h1-11H,12,20H2. The second-order valence-corrected chi connectivity index (χ2v) is 5.49. The Labute approximate surface area is 137 Å². The molecule has 1 heterocycles. The third kappa shape index (κ3) is 2.36. The maximum absolute atomic E-state index is 12.3. The first kappa shape index (κ1) is 14.3. The third-order valence-electron chi connectivity index (χ3n) is 3.99. The Bertz CT molecular complexity index is 1100. The normalized spacial score (nSPS) is 11.0. The van der Waals surface area contributed by atoms with Crippen LogP contribution < -0.4 is 16.1 Å². The van der Waals surface area contributed by atoms with Crippen LogP contribution in [0.3, 0.4) is 0 Å². The molecule has 5 nitrogen and oxygen atoms in total. The van der Waals surface area contributed by atoms with Crippen LogP contribution in [0, 0.1) is 0 Å². The Morgan fingerprint density at radius 2 is 1.62 bits per heavy atom.